The maximum absolute atomic E-state index is 14.5. The molecular weight excluding hydrogens is 441 g/mol. The van der Waals surface area contributed by atoms with Crippen LogP contribution < -0.4 is 10.1 Å². The lowest BCUT2D eigenvalue weighted by Crippen LogP contribution is -2.37. The van der Waals surface area contributed by atoms with Crippen molar-refractivity contribution in [1.82, 2.24) is 5.32 Å². The molecule has 35 heavy (non-hydrogen) atoms. The van der Waals surface area contributed by atoms with Crippen molar-refractivity contribution in [2.75, 3.05) is 13.7 Å². The molecule has 5 heteroatoms. The van der Waals surface area contributed by atoms with E-state index in [0.717, 1.165) is 16.9 Å². The number of halogens is 1. The number of hydrogen-bond donors (Lipinski definition) is 1. The van der Waals surface area contributed by atoms with Crippen LogP contribution in [-0.4, -0.2) is 25.7 Å². The minimum Gasteiger partial charge on any atom is -0.489 e. The summed E-state index contributed by atoms with van der Waals surface area (Å²) in [5, 5.41) is 6.09. The minimum absolute atomic E-state index is 0.0984. The zero-order valence-electron chi connectivity index (χ0n) is 19.8. The van der Waals surface area contributed by atoms with E-state index in [9.17, 15) is 9.18 Å². The molecule has 3 atom stereocenters. The smallest absolute Gasteiger partial charge is 0.337 e. The standard InChI is InChI=1S/C30H28FNO3/c1-19(25-12-7-9-20-8-3-4-10-26(20)25)32-18-24-17-28(27-11-5-6-13-29(27)35-24)21-14-22(30(33)34-2)16-23(31)15-21/h3-16,19,24,28,32H,17-18H2,1-2H3. The zero-order valence-corrected chi connectivity index (χ0v) is 19.8. The van der Waals surface area contributed by atoms with Crippen molar-refractivity contribution in [3.8, 4) is 5.75 Å². The molecule has 4 aromatic carbocycles. The molecule has 0 amide bonds. The zero-order chi connectivity index (χ0) is 24.4. The number of ether oxygens (including phenoxy) is 2. The molecule has 0 aliphatic carbocycles. The van der Waals surface area contributed by atoms with E-state index in [1.54, 1.807) is 6.07 Å². The van der Waals surface area contributed by atoms with Gasteiger partial charge in [-0.15, -0.1) is 0 Å². The first-order chi connectivity index (χ1) is 17.0. The number of methoxy groups -OCH3 is 1. The second-order valence-electron chi connectivity index (χ2n) is 9.03. The molecule has 0 spiro atoms. The fourth-order valence-corrected chi connectivity index (χ4v) is 5.03. The van der Waals surface area contributed by atoms with Crippen molar-refractivity contribution < 1.29 is 18.7 Å². The number of carbonyl (C=O) groups is 1. The molecule has 1 N–H and O–H groups in total. The molecule has 1 heterocycles. The van der Waals surface area contributed by atoms with Gasteiger partial charge in [0.15, 0.2) is 0 Å². The molecule has 0 saturated carbocycles. The lowest BCUT2D eigenvalue weighted by atomic mass is 9.83. The summed E-state index contributed by atoms with van der Waals surface area (Å²) >= 11 is 0. The van der Waals surface area contributed by atoms with Crippen molar-refractivity contribution in [2.45, 2.75) is 31.4 Å². The first-order valence-electron chi connectivity index (χ1n) is 11.9. The Morgan fingerprint density at radius 2 is 1.83 bits per heavy atom. The third-order valence-electron chi connectivity index (χ3n) is 6.77. The Kier molecular flexibility index (Phi) is 6.51. The van der Waals surface area contributed by atoms with Crippen LogP contribution in [0.3, 0.4) is 0 Å². The highest BCUT2D eigenvalue weighted by Gasteiger charge is 2.30. The Balaban J connectivity index is 1.39. The van der Waals surface area contributed by atoms with Crippen molar-refractivity contribution in [2.24, 2.45) is 0 Å². The van der Waals surface area contributed by atoms with Gasteiger partial charge in [0.1, 0.15) is 17.7 Å². The molecule has 0 radical (unpaired) electrons. The summed E-state index contributed by atoms with van der Waals surface area (Å²) in [6, 6.07) is 27.2. The van der Waals surface area contributed by atoms with Crippen LogP contribution in [0.2, 0.25) is 0 Å². The van der Waals surface area contributed by atoms with E-state index in [1.807, 2.05) is 24.3 Å². The summed E-state index contributed by atoms with van der Waals surface area (Å²) in [5.74, 6) is -0.310. The van der Waals surface area contributed by atoms with Crippen LogP contribution in [0, 0.1) is 5.82 Å². The first-order valence-corrected chi connectivity index (χ1v) is 11.9. The van der Waals surface area contributed by atoms with E-state index in [0.29, 0.717) is 13.0 Å². The van der Waals surface area contributed by atoms with Gasteiger partial charge in [-0.25, -0.2) is 9.18 Å². The number of esters is 1. The summed E-state index contributed by atoms with van der Waals surface area (Å²) in [6.07, 6.45) is 0.549. The quantitative estimate of drug-likeness (QED) is 0.332. The highest BCUT2D eigenvalue weighted by atomic mass is 19.1. The Hall–Kier alpha value is -3.70. The Bertz CT molecular complexity index is 1360. The van der Waals surface area contributed by atoms with Crippen LogP contribution in [0.1, 0.15) is 52.4 Å². The summed E-state index contributed by atoms with van der Waals surface area (Å²) in [4.78, 5) is 12.1. The molecule has 1 aliphatic heterocycles. The molecule has 178 valence electrons. The first kappa shape index (κ1) is 23.1. The van der Waals surface area contributed by atoms with E-state index in [4.69, 9.17) is 9.47 Å². The third-order valence-corrected chi connectivity index (χ3v) is 6.77. The second-order valence-corrected chi connectivity index (χ2v) is 9.03. The number of carbonyl (C=O) groups excluding carboxylic acids is 1. The number of rotatable bonds is 6. The Morgan fingerprint density at radius 3 is 2.69 bits per heavy atom. The predicted octanol–water partition coefficient (Wildman–Crippen LogP) is 6.40. The van der Waals surface area contributed by atoms with Gasteiger partial charge in [0.25, 0.3) is 0 Å². The summed E-state index contributed by atoms with van der Waals surface area (Å²) in [7, 11) is 1.30. The Morgan fingerprint density at radius 1 is 1.06 bits per heavy atom. The number of fused-ring (bicyclic) bond motifs is 2. The van der Waals surface area contributed by atoms with Gasteiger partial charge >= 0.3 is 5.97 Å². The van der Waals surface area contributed by atoms with E-state index >= 15 is 0 Å². The topological polar surface area (TPSA) is 47.6 Å². The van der Waals surface area contributed by atoms with E-state index in [2.05, 4.69) is 54.7 Å². The monoisotopic (exact) mass is 469 g/mol. The Labute approximate surface area is 204 Å². The van der Waals surface area contributed by atoms with Gasteiger partial charge in [-0.3, -0.25) is 0 Å². The van der Waals surface area contributed by atoms with E-state index in [-0.39, 0.29) is 23.6 Å². The second kappa shape index (κ2) is 9.88. The van der Waals surface area contributed by atoms with E-state index in [1.165, 1.54) is 35.6 Å². The molecule has 0 aromatic heterocycles. The summed E-state index contributed by atoms with van der Waals surface area (Å²) < 4.78 is 25.6. The largest absolute Gasteiger partial charge is 0.489 e. The van der Waals surface area contributed by atoms with Gasteiger partial charge in [-0.05, 0) is 59.5 Å². The molecule has 0 bridgehead atoms. The molecule has 4 aromatic rings. The molecule has 3 unspecified atom stereocenters. The molecule has 0 fully saturated rings. The van der Waals surface area contributed by atoms with Crippen LogP contribution in [0.25, 0.3) is 10.8 Å². The number of nitrogens with one attached hydrogen (secondary N) is 1. The normalized spacial score (nSPS) is 17.9. The number of benzene rings is 4. The van der Waals surface area contributed by atoms with Crippen molar-refractivity contribution in [3.63, 3.8) is 0 Å². The maximum Gasteiger partial charge on any atom is 0.337 e. The van der Waals surface area contributed by atoms with Crippen molar-refractivity contribution in [1.29, 1.82) is 0 Å². The van der Waals surface area contributed by atoms with Gasteiger partial charge in [0.05, 0.1) is 12.7 Å². The summed E-state index contributed by atoms with van der Waals surface area (Å²) in [6.45, 7) is 2.79. The highest BCUT2D eigenvalue weighted by Crippen LogP contribution is 2.41. The predicted molar refractivity (Wildman–Crippen MR) is 135 cm³/mol. The van der Waals surface area contributed by atoms with Gasteiger partial charge in [-0.2, -0.15) is 0 Å². The van der Waals surface area contributed by atoms with E-state index < -0.39 is 11.8 Å². The number of hydrogen-bond acceptors (Lipinski definition) is 4. The van der Waals surface area contributed by atoms with Gasteiger partial charge in [-0.1, -0.05) is 60.7 Å². The van der Waals surface area contributed by atoms with Crippen LogP contribution in [0.15, 0.2) is 84.9 Å². The highest BCUT2D eigenvalue weighted by molar-refractivity contribution is 5.89. The van der Waals surface area contributed by atoms with Crippen molar-refractivity contribution in [3.05, 3.63) is 113 Å². The molecule has 4 nitrogen and oxygen atoms in total. The summed E-state index contributed by atoms with van der Waals surface area (Å²) in [5.41, 5.74) is 3.19. The lowest BCUT2D eigenvalue weighted by molar-refractivity contribution is 0.0600. The van der Waals surface area contributed by atoms with Gasteiger partial charge in [0.2, 0.25) is 0 Å². The van der Waals surface area contributed by atoms with Gasteiger partial charge in [0, 0.05) is 24.1 Å². The maximum atomic E-state index is 14.5. The average Bonchev–Trinajstić information content (AvgIpc) is 2.90. The molecule has 5 rings (SSSR count). The third kappa shape index (κ3) is 4.77. The SMILES string of the molecule is COC(=O)c1cc(F)cc(C2CC(CNC(C)c3cccc4ccccc34)Oc3ccccc32)c1. The van der Waals surface area contributed by atoms with Crippen LogP contribution in [0.4, 0.5) is 4.39 Å². The van der Waals surface area contributed by atoms with Gasteiger partial charge < -0.3 is 14.8 Å². The molecule has 0 saturated heterocycles. The fraction of sp³-hybridized carbons (Fsp3) is 0.233. The molecule has 1 aliphatic rings. The number of para-hydroxylation sites is 1. The van der Waals surface area contributed by atoms with Crippen LogP contribution in [-0.2, 0) is 4.74 Å². The van der Waals surface area contributed by atoms with Crippen molar-refractivity contribution >= 4 is 16.7 Å². The molecular formula is C30H28FNO3. The fourth-order valence-electron chi connectivity index (χ4n) is 5.03. The average molecular weight is 470 g/mol. The van der Waals surface area contributed by atoms with Crippen LogP contribution >= 0.6 is 0 Å². The minimum atomic E-state index is -0.548. The lowest BCUT2D eigenvalue weighted by Gasteiger charge is -2.33. The van der Waals surface area contributed by atoms with Crippen LogP contribution in [0.5, 0.6) is 5.75 Å².